The Hall–Kier alpha value is -6.51. The summed E-state index contributed by atoms with van der Waals surface area (Å²) in [6.07, 6.45) is -0.228. The smallest absolute Gasteiger partial charge is 0.351 e. The van der Waals surface area contributed by atoms with Crippen molar-refractivity contribution in [3.05, 3.63) is 160 Å². The Bertz CT molecular complexity index is 2730. The predicted octanol–water partition coefficient (Wildman–Crippen LogP) is 8.34. The molecular weight excluding hydrogens is 900 g/mol. The average molecular weight is 957 g/mol. The maximum Gasteiger partial charge on any atom is 0.351 e. The number of carbonyl (C=O) groups is 1. The number of amides is 1. The number of methoxy groups -OCH3 is 2. The number of hydrogen-bond acceptors (Lipinski definition) is 15. The van der Waals surface area contributed by atoms with E-state index in [1.807, 2.05) is 89.8 Å². The fourth-order valence-corrected chi connectivity index (χ4v) is 11.0. The van der Waals surface area contributed by atoms with E-state index in [0.29, 0.717) is 28.5 Å². The normalized spacial score (nSPS) is 19.3. The van der Waals surface area contributed by atoms with Crippen molar-refractivity contribution in [1.29, 1.82) is 5.26 Å². The van der Waals surface area contributed by atoms with Gasteiger partial charge in [0.25, 0.3) is 20.4 Å². The first-order chi connectivity index (χ1) is 33.3. The monoisotopic (exact) mass is 956 g/mol. The highest BCUT2D eigenvalue weighted by Crippen LogP contribution is 2.57. The predicted molar refractivity (Wildman–Crippen MR) is 259 cm³/mol. The van der Waals surface area contributed by atoms with Gasteiger partial charge in [-0.1, -0.05) is 72.8 Å². The Morgan fingerprint density at radius 3 is 2.04 bits per heavy atom. The van der Waals surface area contributed by atoms with Crippen LogP contribution >= 0.6 is 8.53 Å². The van der Waals surface area contributed by atoms with E-state index in [9.17, 15) is 14.9 Å². The van der Waals surface area contributed by atoms with Crippen LogP contribution in [0.2, 0.25) is 0 Å². The third kappa shape index (κ3) is 9.87. The maximum atomic E-state index is 14.5. The molecule has 18 heteroatoms. The number of anilines is 2. The molecule has 4 heterocycles. The first-order valence-electron chi connectivity index (χ1n) is 22.8. The summed E-state index contributed by atoms with van der Waals surface area (Å²) < 4.78 is 49.2. The fraction of sp³-hybridized carbons (Fsp3) is 0.373. The van der Waals surface area contributed by atoms with Crippen molar-refractivity contribution in [3.8, 4) is 17.6 Å². The third-order valence-electron chi connectivity index (χ3n) is 12.3. The molecule has 17 nitrogen and oxygen atoms in total. The Morgan fingerprint density at radius 2 is 1.49 bits per heavy atom. The number of ether oxygens (including phenoxy) is 4. The quantitative estimate of drug-likeness (QED) is 0.0437. The largest absolute Gasteiger partial charge is 0.497 e. The van der Waals surface area contributed by atoms with Crippen molar-refractivity contribution in [2.45, 2.75) is 89.6 Å². The van der Waals surface area contributed by atoms with Gasteiger partial charge in [0.2, 0.25) is 5.89 Å². The Labute approximate surface area is 402 Å². The van der Waals surface area contributed by atoms with E-state index in [1.165, 1.54) is 4.57 Å². The molecule has 2 aliphatic heterocycles. The summed E-state index contributed by atoms with van der Waals surface area (Å²) >= 11 is 0. The van der Waals surface area contributed by atoms with E-state index < -0.39 is 49.7 Å². The molecule has 5 atom stereocenters. The molecule has 1 N–H and O–H groups in total. The van der Waals surface area contributed by atoms with Crippen LogP contribution in [0.5, 0.6) is 11.5 Å². The number of rotatable bonds is 20. The summed E-state index contributed by atoms with van der Waals surface area (Å²) in [6, 6.07) is 35.4. The van der Waals surface area contributed by atoms with Crippen LogP contribution in [0.3, 0.4) is 0 Å². The molecule has 69 heavy (non-hydrogen) atoms. The second kappa shape index (κ2) is 21.0. The van der Waals surface area contributed by atoms with Crippen molar-refractivity contribution in [2.24, 2.45) is 0 Å². The molecule has 4 aromatic carbocycles. The lowest BCUT2D eigenvalue weighted by molar-refractivity contribution is -0.157. The van der Waals surface area contributed by atoms with Crippen LogP contribution in [0.25, 0.3) is 0 Å². The molecule has 0 spiro atoms. The number of nitrogens with one attached hydrogen (secondary N) is 1. The SMILES string of the molecule is COc1ccc(C(OC[C@@]23CN(c4noc(C)n4)[C@@H]([C@H](n4cc(C)c(NC(=O)c5ccccc5)nc4=O)O2)[C@@H]3OP(OCCC#N)N(C(C)C)C(C)C)(c2ccccc2)c2ccc(OC)cc2)cc1. The Kier molecular flexibility index (Phi) is 14.9. The zero-order valence-electron chi connectivity index (χ0n) is 39.9. The molecule has 0 saturated carbocycles. The number of morpholine rings is 1. The van der Waals surface area contributed by atoms with E-state index in [2.05, 4.69) is 58.9 Å². The molecule has 1 amide bonds. The van der Waals surface area contributed by atoms with Gasteiger partial charge in [0.05, 0.1) is 46.5 Å². The first kappa shape index (κ1) is 48.9. The lowest BCUT2D eigenvalue weighted by Gasteiger charge is -2.42. The highest BCUT2D eigenvalue weighted by Gasteiger charge is 2.68. The van der Waals surface area contributed by atoms with Gasteiger partial charge in [0.15, 0.2) is 6.23 Å². The van der Waals surface area contributed by atoms with Gasteiger partial charge in [-0.25, -0.2) is 9.46 Å². The number of aromatic nitrogens is 4. The zero-order chi connectivity index (χ0) is 48.9. The molecular formula is C51H57N8O9P. The van der Waals surface area contributed by atoms with Crippen molar-refractivity contribution < 1.29 is 37.3 Å². The van der Waals surface area contributed by atoms with Gasteiger partial charge in [0, 0.05) is 36.3 Å². The van der Waals surface area contributed by atoms with Gasteiger partial charge >= 0.3 is 5.69 Å². The van der Waals surface area contributed by atoms with Crippen molar-refractivity contribution in [3.63, 3.8) is 0 Å². The van der Waals surface area contributed by atoms with E-state index in [1.54, 1.807) is 58.5 Å². The van der Waals surface area contributed by atoms with Crippen LogP contribution < -0.4 is 25.4 Å². The van der Waals surface area contributed by atoms with Crippen molar-refractivity contribution >= 4 is 26.2 Å². The molecule has 8 rings (SSSR count). The second-order valence-corrected chi connectivity index (χ2v) is 18.9. The van der Waals surface area contributed by atoms with Crippen LogP contribution in [0, 0.1) is 25.2 Å². The number of aryl methyl sites for hydroxylation is 2. The highest BCUT2D eigenvalue weighted by molar-refractivity contribution is 7.44. The van der Waals surface area contributed by atoms with E-state index in [4.69, 9.17) is 32.5 Å². The molecule has 2 aliphatic rings. The number of nitrogens with zero attached hydrogens (tertiary/aromatic N) is 7. The molecule has 2 aromatic heterocycles. The molecule has 2 fully saturated rings. The number of hydrogen-bond donors (Lipinski definition) is 1. The van der Waals surface area contributed by atoms with E-state index in [0.717, 1.165) is 16.7 Å². The van der Waals surface area contributed by atoms with Crippen LogP contribution in [0.4, 0.5) is 11.8 Å². The molecule has 2 saturated heterocycles. The van der Waals surface area contributed by atoms with Crippen molar-refractivity contribution in [1.82, 2.24) is 24.4 Å². The average Bonchev–Trinajstić information content (AvgIpc) is 4.02. The Morgan fingerprint density at radius 1 is 0.899 bits per heavy atom. The lowest BCUT2D eigenvalue weighted by Crippen LogP contribution is -2.52. The van der Waals surface area contributed by atoms with Gasteiger partial charge in [0.1, 0.15) is 40.7 Å². The highest BCUT2D eigenvalue weighted by atomic mass is 31.2. The van der Waals surface area contributed by atoms with Gasteiger partial charge in [-0.2, -0.15) is 15.2 Å². The minimum absolute atomic E-state index is 0.0406. The molecule has 1 unspecified atom stereocenters. The minimum Gasteiger partial charge on any atom is -0.497 e. The van der Waals surface area contributed by atoms with E-state index >= 15 is 0 Å². The molecule has 360 valence electrons. The number of carbonyl (C=O) groups excluding carboxylic acids is 1. The third-order valence-corrected chi connectivity index (χ3v) is 14.4. The van der Waals surface area contributed by atoms with Crippen LogP contribution in [-0.4, -0.2) is 94.1 Å². The maximum absolute atomic E-state index is 14.5. The van der Waals surface area contributed by atoms with Crippen LogP contribution in [0.15, 0.2) is 125 Å². The number of fused-ring (bicyclic) bond motifs is 2. The van der Waals surface area contributed by atoms with Crippen LogP contribution in [-0.2, 0) is 24.1 Å². The summed E-state index contributed by atoms with van der Waals surface area (Å²) in [5.74, 6) is 1.61. The van der Waals surface area contributed by atoms with Crippen LogP contribution in [0.1, 0.15) is 78.8 Å². The zero-order valence-corrected chi connectivity index (χ0v) is 40.8. The summed E-state index contributed by atoms with van der Waals surface area (Å²) in [4.78, 5) is 38.8. The molecule has 6 aromatic rings. The summed E-state index contributed by atoms with van der Waals surface area (Å²) in [5.41, 5.74) is -0.0421. The van der Waals surface area contributed by atoms with Gasteiger partial charge < -0.3 is 42.7 Å². The molecule has 2 bridgehead atoms. The number of nitriles is 1. The van der Waals surface area contributed by atoms with E-state index in [-0.39, 0.29) is 50.0 Å². The summed E-state index contributed by atoms with van der Waals surface area (Å²) in [6.45, 7) is 11.8. The summed E-state index contributed by atoms with van der Waals surface area (Å²) in [5, 5.41) is 16.8. The minimum atomic E-state index is -1.90. The van der Waals surface area contributed by atoms with Gasteiger partial charge in [-0.15, -0.1) is 0 Å². The topological polar surface area (TPSA) is 189 Å². The second-order valence-electron chi connectivity index (χ2n) is 17.5. The Balaban J connectivity index is 1.31. The summed E-state index contributed by atoms with van der Waals surface area (Å²) in [7, 11) is 1.34. The lowest BCUT2D eigenvalue weighted by atomic mass is 9.79. The molecule has 0 radical (unpaired) electrons. The molecule has 0 aliphatic carbocycles. The first-order valence-corrected chi connectivity index (χ1v) is 23.9. The fourth-order valence-electron chi connectivity index (χ4n) is 9.17. The van der Waals surface area contributed by atoms with Crippen molar-refractivity contribution in [2.75, 3.05) is 44.2 Å². The number of benzene rings is 4. The van der Waals surface area contributed by atoms with Gasteiger partial charge in [-0.05, 0) is 92.9 Å². The van der Waals surface area contributed by atoms with Gasteiger partial charge in [-0.3, -0.25) is 9.36 Å². The standard InChI is InChI=1S/C51H57N8O9P/c1-33(2)59(34(3)4)69(65-29-15-28-52)68-44-43-47(57-30-35(5)45(55-49(57)61)54-46(60)37-16-11-9-12-17-37)66-50(44,31-58(43)48-53-36(6)67-56-48)32-64-51(38-18-13-10-14-19-38,39-20-24-41(62-7)25-21-39)40-22-26-42(63-8)27-23-40/h9-14,16-27,30,33-34,43-44,47H,15,29,31-32H2,1-8H3,(H,54,55,60,61)/t43-,44+,47-,50-,69?/m1/s1.